The van der Waals surface area contributed by atoms with Gasteiger partial charge in [-0.25, -0.2) is 13.8 Å². The minimum absolute atomic E-state index is 0.0175. The molecule has 1 rings (SSSR count). The van der Waals surface area contributed by atoms with Crippen LogP contribution in [0.4, 0.5) is 8.78 Å². The smallest absolute Gasteiger partial charge is 0.267 e. The molecule has 78 valence electrons. The highest BCUT2D eigenvalue weighted by Crippen LogP contribution is 2.36. The third kappa shape index (κ3) is 2.15. The van der Waals surface area contributed by atoms with Gasteiger partial charge in [-0.15, -0.1) is 11.6 Å². The lowest BCUT2D eigenvalue weighted by Gasteiger charge is -2.12. The van der Waals surface area contributed by atoms with Gasteiger partial charge in [0, 0.05) is 12.1 Å². The van der Waals surface area contributed by atoms with E-state index in [4.69, 9.17) is 16.3 Å². The number of halogens is 4. The fourth-order valence-corrected chi connectivity index (χ4v) is 1.75. The lowest BCUT2D eigenvalue weighted by molar-refractivity contribution is 0.145. The summed E-state index contributed by atoms with van der Waals surface area (Å²) in [5.74, 6) is 0.0224. The molecule has 0 saturated carbocycles. The maximum Gasteiger partial charge on any atom is 0.267 e. The summed E-state index contributed by atoms with van der Waals surface area (Å²) >= 11 is 8.54. The molecule has 0 radical (unpaired) electrons. The molecule has 0 spiro atoms. The van der Waals surface area contributed by atoms with Crippen LogP contribution in [0.5, 0.6) is 5.75 Å². The second kappa shape index (κ2) is 4.89. The lowest BCUT2D eigenvalue weighted by atomic mass is 10.1. The second-order valence-corrected chi connectivity index (χ2v) is 3.47. The van der Waals surface area contributed by atoms with Crippen LogP contribution in [0.3, 0.4) is 0 Å². The molecular weight excluding hydrogens is 279 g/mol. The van der Waals surface area contributed by atoms with E-state index in [0.717, 1.165) is 0 Å². The minimum atomic E-state index is -2.63. The molecule has 1 aromatic rings. The molecule has 0 aliphatic heterocycles. The first-order valence-electron chi connectivity index (χ1n) is 3.67. The van der Waals surface area contributed by atoms with E-state index in [9.17, 15) is 8.78 Å². The molecule has 0 unspecified atom stereocenters. The molecule has 0 aromatic carbocycles. The SMILES string of the molecule is COc1c(Br)ncc(CCl)c1C(F)F. The van der Waals surface area contributed by atoms with Gasteiger partial charge in [0.05, 0.1) is 12.7 Å². The largest absolute Gasteiger partial charge is 0.493 e. The average Bonchev–Trinajstić information content (AvgIpc) is 2.17. The van der Waals surface area contributed by atoms with Crippen LogP contribution in [0.2, 0.25) is 0 Å². The molecule has 0 bridgehead atoms. The van der Waals surface area contributed by atoms with Crippen molar-refractivity contribution >= 4 is 27.5 Å². The minimum Gasteiger partial charge on any atom is -0.493 e. The molecular formula is C8H7BrClF2NO. The Balaban J connectivity index is 3.36. The molecule has 6 heteroatoms. The number of ether oxygens (including phenoxy) is 1. The highest BCUT2D eigenvalue weighted by molar-refractivity contribution is 9.10. The van der Waals surface area contributed by atoms with Crippen molar-refractivity contribution < 1.29 is 13.5 Å². The first-order chi connectivity index (χ1) is 6.61. The highest BCUT2D eigenvalue weighted by atomic mass is 79.9. The summed E-state index contributed by atoms with van der Waals surface area (Å²) in [4.78, 5) is 3.84. The number of pyridine rings is 1. The standard InChI is InChI=1S/C8H7BrClF2NO/c1-14-6-5(8(11)12)4(2-10)3-13-7(6)9/h3,8H,2H2,1H3. The van der Waals surface area contributed by atoms with E-state index in [1.165, 1.54) is 13.3 Å². The van der Waals surface area contributed by atoms with Crippen molar-refractivity contribution in [1.82, 2.24) is 4.98 Å². The van der Waals surface area contributed by atoms with Gasteiger partial charge in [-0.3, -0.25) is 0 Å². The molecule has 0 aliphatic carbocycles. The summed E-state index contributed by atoms with van der Waals surface area (Å²) in [6.07, 6.45) is -1.32. The van der Waals surface area contributed by atoms with Crippen LogP contribution in [-0.2, 0) is 5.88 Å². The van der Waals surface area contributed by atoms with E-state index in [2.05, 4.69) is 20.9 Å². The van der Waals surface area contributed by atoms with Crippen molar-refractivity contribution in [3.8, 4) is 5.75 Å². The van der Waals surface area contributed by atoms with Crippen molar-refractivity contribution in [2.24, 2.45) is 0 Å². The van der Waals surface area contributed by atoms with Crippen molar-refractivity contribution in [1.29, 1.82) is 0 Å². The molecule has 0 saturated heterocycles. The lowest BCUT2D eigenvalue weighted by Crippen LogP contribution is -2.00. The van der Waals surface area contributed by atoms with Crippen molar-refractivity contribution in [3.63, 3.8) is 0 Å². The molecule has 1 aromatic heterocycles. The molecule has 0 N–H and O–H groups in total. The van der Waals surface area contributed by atoms with E-state index in [-0.39, 0.29) is 27.4 Å². The Morgan fingerprint density at radius 3 is 2.71 bits per heavy atom. The van der Waals surface area contributed by atoms with Crippen LogP contribution >= 0.6 is 27.5 Å². The highest BCUT2D eigenvalue weighted by Gasteiger charge is 2.21. The van der Waals surface area contributed by atoms with Crippen molar-refractivity contribution in [2.75, 3.05) is 7.11 Å². The number of hydrogen-bond donors (Lipinski definition) is 0. The number of hydrogen-bond acceptors (Lipinski definition) is 2. The Kier molecular flexibility index (Phi) is 4.07. The van der Waals surface area contributed by atoms with Gasteiger partial charge in [0.2, 0.25) is 0 Å². The molecule has 1 heterocycles. The first-order valence-corrected chi connectivity index (χ1v) is 5.00. The van der Waals surface area contributed by atoms with Crippen LogP contribution in [0.15, 0.2) is 10.8 Å². The summed E-state index contributed by atoms with van der Waals surface area (Å²) in [5, 5.41) is 0. The van der Waals surface area contributed by atoms with E-state index >= 15 is 0 Å². The number of rotatable bonds is 3. The molecule has 14 heavy (non-hydrogen) atoms. The fraction of sp³-hybridized carbons (Fsp3) is 0.375. The van der Waals surface area contributed by atoms with Crippen LogP contribution in [0.25, 0.3) is 0 Å². The Hall–Kier alpha value is -0.420. The molecule has 2 nitrogen and oxygen atoms in total. The van der Waals surface area contributed by atoms with Crippen LogP contribution in [0, 0.1) is 0 Å². The number of methoxy groups -OCH3 is 1. The van der Waals surface area contributed by atoms with E-state index in [1.54, 1.807) is 0 Å². The summed E-state index contributed by atoms with van der Waals surface area (Å²) in [7, 11) is 1.31. The molecule has 0 fully saturated rings. The normalized spacial score (nSPS) is 10.7. The summed E-state index contributed by atoms with van der Waals surface area (Å²) in [5.41, 5.74) is 0.0751. The second-order valence-electron chi connectivity index (χ2n) is 2.46. The van der Waals surface area contributed by atoms with Crippen molar-refractivity contribution in [2.45, 2.75) is 12.3 Å². The predicted molar refractivity (Wildman–Crippen MR) is 53.0 cm³/mol. The van der Waals surface area contributed by atoms with Gasteiger partial charge in [0.25, 0.3) is 6.43 Å². The Bertz CT molecular complexity index is 335. The predicted octanol–water partition coefficient (Wildman–Crippen LogP) is 3.53. The Morgan fingerprint density at radius 2 is 2.29 bits per heavy atom. The van der Waals surface area contributed by atoms with E-state index in [0.29, 0.717) is 0 Å². The number of aromatic nitrogens is 1. The number of nitrogens with zero attached hydrogens (tertiary/aromatic N) is 1. The topological polar surface area (TPSA) is 22.1 Å². The summed E-state index contributed by atoms with van der Waals surface area (Å²) in [6.45, 7) is 0. The van der Waals surface area contributed by atoms with Gasteiger partial charge in [-0.1, -0.05) is 0 Å². The Morgan fingerprint density at radius 1 is 1.64 bits per heavy atom. The monoisotopic (exact) mass is 285 g/mol. The molecule has 0 amide bonds. The van der Waals surface area contributed by atoms with E-state index in [1.807, 2.05) is 0 Å². The zero-order valence-electron chi connectivity index (χ0n) is 7.23. The third-order valence-corrected chi connectivity index (χ3v) is 2.53. The summed E-state index contributed by atoms with van der Waals surface area (Å²) in [6, 6.07) is 0. The first kappa shape index (κ1) is 11.7. The van der Waals surface area contributed by atoms with Crippen molar-refractivity contribution in [3.05, 3.63) is 21.9 Å². The van der Waals surface area contributed by atoms with Crippen LogP contribution in [0.1, 0.15) is 17.6 Å². The quantitative estimate of drug-likeness (QED) is 0.626. The third-order valence-electron chi connectivity index (χ3n) is 1.68. The maximum absolute atomic E-state index is 12.7. The molecule has 0 aliphatic rings. The molecule has 0 atom stereocenters. The zero-order chi connectivity index (χ0) is 10.7. The van der Waals surface area contributed by atoms with Crippen LogP contribution in [-0.4, -0.2) is 12.1 Å². The van der Waals surface area contributed by atoms with Gasteiger partial charge < -0.3 is 4.74 Å². The number of alkyl halides is 3. The zero-order valence-corrected chi connectivity index (χ0v) is 9.57. The Labute approximate surface area is 93.4 Å². The van der Waals surface area contributed by atoms with Crippen LogP contribution < -0.4 is 4.74 Å². The fourth-order valence-electron chi connectivity index (χ4n) is 1.06. The van der Waals surface area contributed by atoms with Gasteiger partial charge >= 0.3 is 0 Å². The average molecular weight is 287 g/mol. The van der Waals surface area contributed by atoms with E-state index < -0.39 is 6.43 Å². The summed E-state index contributed by atoms with van der Waals surface area (Å²) < 4.78 is 30.4. The van der Waals surface area contributed by atoms with Gasteiger partial charge in [0.15, 0.2) is 5.75 Å². The van der Waals surface area contributed by atoms with Gasteiger partial charge in [-0.2, -0.15) is 0 Å². The maximum atomic E-state index is 12.7. The van der Waals surface area contributed by atoms with Gasteiger partial charge in [-0.05, 0) is 21.5 Å². The van der Waals surface area contributed by atoms with Gasteiger partial charge in [0.1, 0.15) is 4.60 Å².